The standard InChI is InChI=1S/C24H28N4O3/c29-23(27-14-16-31-17-15-27)22(18-6-2-1-3-7-18)26-12-10-19(11-13-26)28-21-9-5-4-8-20(21)25-24(28)30/h1-9,19,22H,10-17H2,(H,25,30)/t22-/m1/s1. The first kappa shape index (κ1) is 20.0. The van der Waals surface area contributed by atoms with Crippen molar-refractivity contribution in [2.75, 3.05) is 39.4 Å². The van der Waals surface area contributed by atoms with Crippen molar-refractivity contribution in [2.45, 2.75) is 24.9 Å². The molecule has 2 fully saturated rings. The number of rotatable bonds is 4. The van der Waals surface area contributed by atoms with Gasteiger partial charge in [-0.25, -0.2) is 4.79 Å². The number of imidazole rings is 1. The number of hydrogen-bond donors (Lipinski definition) is 1. The lowest BCUT2D eigenvalue weighted by Gasteiger charge is -2.40. The molecule has 2 saturated heterocycles. The number of H-pyrrole nitrogens is 1. The third-order valence-corrected chi connectivity index (χ3v) is 6.53. The second-order valence-electron chi connectivity index (χ2n) is 8.34. The van der Waals surface area contributed by atoms with Crippen LogP contribution in [0.4, 0.5) is 0 Å². The molecule has 0 spiro atoms. The minimum atomic E-state index is -0.292. The van der Waals surface area contributed by atoms with Gasteiger partial charge in [-0.15, -0.1) is 0 Å². The maximum atomic E-state index is 13.5. The number of nitrogens with zero attached hydrogens (tertiary/aromatic N) is 3. The van der Waals surface area contributed by atoms with Crippen LogP contribution in [0.25, 0.3) is 11.0 Å². The number of aromatic amines is 1. The SMILES string of the molecule is O=C([C@@H](c1ccccc1)N1CCC(n2c(=O)[nH]c3ccccc32)CC1)N1CCOCC1. The quantitative estimate of drug-likeness (QED) is 0.704. The fraction of sp³-hybridized carbons (Fsp3) is 0.417. The molecule has 1 N–H and O–H groups in total. The molecule has 31 heavy (non-hydrogen) atoms. The van der Waals surface area contributed by atoms with E-state index in [1.807, 2.05) is 64.1 Å². The monoisotopic (exact) mass is 420 g/mol. The Labute approximate surface area is 181 Å². The normalized spacial score (nSPS) is 19.5. The van der Waals surface area contributed by atoms with E-state index in [-0.39, 0.29) is 23.7 Å². The van der Waals surface area contributed by atoms with Crippen molar-refractivity contribution in [3.63, 3.8) is 0 Å². The van der Waals surface area contributed by atoms with Crippen molar-refractivity contribution in [1.82, 2.24) is 19.4 Å². The van der Waals surface area contributed by atoms with Crippen molar-refractivity contribution in [3.05, 3.63) is 70.6 Å². The van der Waals surface area contributed by atoms with Crippen LogP contribution >= 0.6 is 0 Å². The lowest BCUT2D eigenvalue weighted by Crippen LogP contribution is -2.49. The summed E-state index contributed by atoms with van der Waals surface area (Å²) in [4.78, 5) is 33.3. The van der Waals surface area contributed by atoms with Crippen molar-refractivity contribution in [3.8, 4) is 0 Å². The highest BCUT2D eigenvalue weighted by atomic mass is 16.5. The summed E-state index contributed by atoms with van der Waals surface area (Å²) in [5.41, 5.74) is 2.81. The highest BCUT2D eigenvalue weighted by Crippen LogP contribution is 2.31. The van der Waals surface area contributed by atoms with Gasteiger partial charge in [0.25, 0.3) is 0 Å². The van der Waals surface area contributed by atoms with Crippen LogP contribution in [-0.2, 0) is 9.53 Å². The molecule has 0 saturated carbocycles. The Balaban J connectivity index is 1.37. The molecular formula is C24H28N4O3. The number of aromatic nitrogens is 2. The van der Waals surface area contributed by atoms with Crippen molar-refractivity contribution in [1.29, 1.82) is 0 Å². The molecule has 0 bridgehead atoms. The van der Waals surface area contributed by atoms with Gasteiger partial charge in [-0.2, -0.15) is 0 Å². The molecule has 2 aromatic carbocycles. The molecule has 0 aliphatic carbocycles. The van der Waals surface area contributed by atoms with Crippen LogP contribution in [0.2, 0.25) is 0 Å². The molecule has 1 aromatic heterocycles. The Bertz CT molecular complexity index is 1090. The minimum Gasteiger partial charge on any atom is -0.378 e. The lowest BCUT2D eigenvalue weighted by molar-refractivity contribution is -0.142. The number of para-hydroxylation sites is 2. The highest BCUT2D eigenvalue weighted by Gasteiger charge is 2.35. The minimum absolute atomic E-state index is 0.0522. The van der Waals surface area contributed by atoms with E-state index in [0.29, 0.717) is 26.3 Å². The zero-order chi connectivity index (χ0) is 21.2. The van der Waals surface area contributed by atoms with Crippen molar-refractivity contribution < 1.29 is 9.53 Å². The van der Waals surface area contributed by atoms with Crippen molar-refractivity contribution >= 4 is 16.9 Å². The molecule has 162 valence electrons. The Hall–Kier alpha value is -2.90. The maximum Gasteiger partial charge on any atom is 0.326 e. The number of fused-ring (bicyclic) bond motifs is 1. The summed E-state index contributed by atoms with van der Waals surface area (Å²) in [6.07, 6.45) is 1.67. The summed E-state index contributed by atoms with van der Waals surface area (Å²) in [7, 11) is 0. The molecule has 7 heteroatoms. The summed E-state index contributed by atoms with van der Waals surface area (Å²) in [5, 5.41) is 0. The molecule has 5 rings (SSSR count). The number of ether oxygens (including phenoxy) is 1. The van der Waals surface area contributed by atoms with Gasteiger partial charge in [-0.05, 0) is 30.5 Å². The highest BCUT2D eigenvalue weighted by molar-refractivity contribution is 5.83. The number of likely N-dealkylation sites (tertiary alicyclic amines) is 1. The van der Waals surface area contributed by atoms with Crippen LogP contribution < -0.4 is 5.69 Å². The molecule has 2 aliphatic rings. The van der Waals surface area contributed by atoms with Crippen molar-refractivity contribution in [2.24, 2.45) is 0 Å². The van der Waals surface area contributed by atoms with Crippen LogP contribution in [0.3, 0.4) is 0 Å². The molecular weight excluding hydrogens is 392 g/mol. The molecule has 3 heterocycles. The molecule has 1 amide bonds. The number of amides is 1. The van der Waals surface area contributed by atoms with Gasteiger partial charge >= 0.3 is 5.69 Å². The second kappa shape index (κ2) is 8.69. The molecule has 0 unspecified atom stereocenters. The number of carbonyl (C=O) groups is 1. The number of morpholine rings is 1. The van der Waals surface area contributed by atoms with Gasteiger partial charge in [-0.3, -0.25) is 14.3 Å². The first-order valence-electron chi connectivity index (χ1n) is 11.1. The van der Waals surface area contributed by atoms with Gasteiger partial charge < -0.3 is 14.6 Å². The van der Waals surface area contributed by atoms with E-state index in [2.05, 4.69) is 9.88 Å². The van der Waals surface area contributed by atoms with E-state index in [0.717, 1.165) is 42.5 Å². The van der Waals surface area contributed by atoms with Gasteiger partial charge in [0, 0.05) is 32.2 Å². The molecule has 7 nitrogen and oxygen atoms in total. The van der Waals surface area contributed by atoms with E-state index >= 15 is 0 Å². The Morgan fingerprint density at radius 3 is 2.35 bits per heavy atom. The molecule has 0 radical (unpaired) electrons. The van der Waals surface area contributed by atoms with E-state index in [4.69, 9.17) is 4.74 Å². The Morgan fingerprint density at radius 2 is 1.61 bits per heavy atom. The number of hydrogen-bond acceptors (Lipinski definition) is 4. The van der Waals surface area contributed by atoms with Crippen LogP contribution in [0, 0.1) is 0 Å². The van der Waals surface area contributed by atoms with E-state index in [1.54, 1.807) is 0 Å². The van der Waals surface area contributed by atoms with Gasteiger partial charge in [0.15, 0.2) is 0 Å². The topological polar surface area (TPSA) is 70.6 Å². The first-order valence-corrected chi connectivity index (χ1v) is 11.1. The van der Waals surface area contributed by atoms with E-state index in [9.17, 15) is 9.59 Å². The summed E-state index contributed by atoms with van der Waals surface area (Å²) < 4.78 is 7.34. The largest absolute Gasteiger partial charge is 0.378 e. The third kappa shape index (κ3) is 3.91. The molecule has 1 atom stereocenters. The zero-order valence-corrected chi connectivity index (χ0v) is 17.6. The number of piperidine rings is 1. The van der Waals surface area contributed by atoms with E-state index in [1.165, 1.54) is 0 Å². The van der Waals surface area contributed by atoms with Gasteiger partial charge in [0.05, 0.1) is 24.2 Å². The average molecular weight is 421 g/mol. The van der Waals surface area contributed by atoms with Gasteiger partial charge in [0.1, 0.15) is 6.04 Å². The van der Waals surface area contributed by atoms with Gasteiger partial charge in [-0.1, -0.05) is 42.5 Å². The van der Waals surface area contributed by atoms with Crippen LogP contribution in [0.5, 0.6) is 0 Å². The number of benzene rings is 2. The summed E-state index contributed by atoms with van der Waals surface area (Å²) in [6.45, 7) is 4.02. The number of carbonyl (C=O) groups excluding carboxylic acids is 1. The molecule has 2 aliphatic heterocycles. The predicted octanol–water partition coefficient (Wildman–Crippen LogP) is 2.57. The summed E-state index contributed by atoms with van der Waals surface area (Å²) >= 11 is 0. The second-order valence-corrected chi connectivity index (χ2v) is 8.34. The first-order chi connectivity index (χ1) is 15.2. The smallest absolute Gasteiger partial charge is 0.326 e. The molecule has 3 aromatic rings. The number of nitrogens with one attached hydrogen (secondary N) is 1. The predicted molar refractivity (Wildman–Crippen MR) is 119 cm³/mol. The van der Waals surface area contributed by atoms with Crippen LogP contribution in [-0.4, -0.2) is 64.7 Å². The Morgan fingerprint density at radius 1 is 0.935 bits per heavy atom. The third-order valence-electron chi connectivity index (χ3n) is 6.53. The fourth-order valence-electron chi connectivity index (χ4n) is 4.94. The fourth-order valence-corrected chi connectivity index (χ4v) is 4.94. The summed E-state index contributed by atoms with van der Waals surface area (Å²) in [5.74, 6) is 0.150. The van der Waals surface area contributed by atoms with Crippen LogP contribution in [0.15, 0.2) is 59.4 Å². The Kier molecular flexibility index (Phi) is 5.61. The lowest BCUT2D eigenvalue weighted by atomic mass is 9.97. The summed E-state index contributed by atoms with van der Waals surface area (Å²) in [6, 6.07) is 17.7. The maximum absolute atomic E-state index is 13.5. The average Bonchev–Trinajstić information content (AvgIpc) is 3.16. The zero-order valence-electron chi connectivity index (χ0n) is 17.6. The van der Waals surface area contributed by atoms with Crippen LogP contribution in [0.1, 0.15) is 30.5 Å². The van der Waals surface area contributed by atoms with Gasteiger partial charge in [0.2, 0.25) is 5.91 Å². The van der Waals surface area contributed by atoms with E-state index < -0.39 is 0 Å².